The zero-order valence-corrected chi connectivity index (χ0v) is 14.5. The molecule has 1 aromatic carbocycles. The number of aromatic nitrogens is 2. The Morgan fingerprint density at radius 3 is 2.55 bits per heavy atom. The van der Waals surface area contributed by atoms with Crippen LogP contribution in [0.1, 0.15) is 13.8 Å². The largest absolute Gasteiger partial charge is 0.372 e. The summed E-state index contributed by atoms with van der Waals surface area (Å²) < 4.78 is 7.78. The second-order valence-electron chi connectivity index (χ2n) is 5.14. The Bertz CT molecular complexity index is 640. The van der Waals surface area contributed by atoms with Crippen molar-refractivity contribution in [3.8, 4) is 0 Å². The van der Waals surface area contributed by atoms with Crippen molar-refractivity contribution in [3.05, 3.63) is 27.4 Å². The van der Waals surface area contributed by atoms with Crippen LogP contribution in [0.25, 0.3) is 10.9 Å². The Labute approximate surface area is 134 Å². The number of anilines is 1. The lowest BCUT2D eigenvalue weighted by molar-refractivity contribution is -0.00537. The number of halogens is 2. The maximum Gasteiger partial charge on any atom is 0.140 e. The minimum absolute atomic E-state index is 0.208. The average molecular weight is 401 g/mol. The minimum Gasteiger partial charge on any atom is -0.372 e. The maximum absolute atomic E-state index is 5.79. The SMILES string of the molecule is CC1CN(c2ncnc3c(Br)cc(Br)cc23)CC(C)O1. The van der Waals surface area contributed by atoms with Crippen molar-refractivity contribution < 1.29 is 4.74 Å². The van der Waals surface area contributed by atoms with Crippen LogP contribution in [0.4, 0.5) is 5.82 Å². The number of rotatable bonds is 1. The second kappa shape index (κ2) is 5.58. The fraction of sp³-hybridized carbons (Fsp3) is 0.429. The first-order chi connectivity index (χ1) is 9.54. The number of morpholine rings is 1. The number of ether oxygens (including phenoxy) is 1. The van der Waals surface area contributed by atoms with Crippen molar-refractivity contribution in [1.82, 2.24) is 9.97 Å². The number of hydrogen-bond donors (Lipinski definition) is 0. The third kappa shape index (κ3) is 2.69. The highest BCUT2D eigenvalue weighted by atomic mass is 79.9. The third-order valence-corrected chi connectivity index (χ3v) is 4.42. The predicted octanol–water partition coefficient (Wildman–Crippen LogP) is 3.77. The lowest BCUT2D eigenvalue weighted by Gasteiger charge is -2.36. The summed E-state index contributed by atoms with van der Waals surface area (Å²) in [5.74, 6) is 0.971. The van der Waals surface area contributed by atoms with Gasteiger partial charge in [-0.15, -0.1) is 0 Å². The van der Waals surface area contributed by atoms with Crippen LogP contribution in [0.15, 0.2) is 27.4 Å². The van der Waals surface area contributed by atoms with E-state index < -0.39 is 0 Å². The van der Waals surface area contributed by atoms with E-state index in [-0.39, 0.29) is 12.2 Å². The molecule has 0 amide bonds. The molecule has 6 heteroatoms. The zero-order valence-electron chi connectivity index (χ0n) is 11.3. The molecule has 1 aliphatic heterocycles. The highest BCUT2D eigenvalue weighted by Crippen LogP contribution is 2.32. The molecule has 0 bridgehead atoms. The summed E-state index contributed by atoms with van der Waals surface area (Å²) in [4.78, 5) is 11.2. The molecule has 1 aliphatic rings. The molecule has 2 heterocycles. The van der Waals surface area contributed by atoms with Crippen molar-refractivity contribution >= 4 is 48.6 Å². The number of fused-ring (bicyclic) bond motifs is 1. The van der Waals surface area contributed by atoms with Gasteiger partial charge in [-0.2, -0.15) is 0 Å². The first-order valence-corrected chi connectivity index (χ1v) is 8.13. The van der Waals surface area contributed by atoms with Gasteiger partial charge in [0.15, 0.2) is 0 Å². The van der Waals surface area contributed by atoms with E-state index in [9.17, 15) is 0 Å². The van der Waals surface area contributed by atoms with E-state index in [1.165, 1.54) is 0 Å². The topological polar surface area (TPSA) is 38.2 Å². The van der Waals surface area contributed by atoms with Crippen LogP contribution in [0.3, 0.4) is 0 Å². The van der Waals surface area contributed by atoms with Gasteiger partial charge >= 0.3 is 0 Å². The highest BCUT2D eigenvalue weighted by Gasteiger charge is 2.24. The minimum atomic E-state index is 0.208. The molecule has 20 heavy (non-hydrogen) atoms. The van der Waals surface area contributed by atoms with Gasteiger partial charge in [0.1, 0.15) is 12.1 Å². The van der Waals surface area contributed by atoms with Crippen LogP contribution in [0.5, 0.6) is 0 Å². The second-order valence-corrected chi connectivity index (χ2v) is 6.91. The Morgan fingerprint density at radius 1 is 1.15 bits per heavy atom. The molecule has 0 aliphatic carbocycles. The summed E-state index contributed by atoms with van der Waals surface area (Å²) in [5, 5.41) is 1.05. The first kappa shape index (κ1) is 14.2. The standard InChI is InChI=1S/C14H15Br2N3O/c1-8-5-19(6-9(2)20-8)14-11-3-10(15)4-12(16)13(11)17-7-18-14/h3-4,7-9H,5-6H2,1-2H3. The quantitative estimate of drug-likeness (QED) is 0.730. The molecule has 1 saturated heterocycles. The monoisotopic (exact) mass is 399 g/mol. The average Bonchev–Trinajstić information content (AvgIpc) is 2.36. The number of hydrogen-bond acceptors (Lipinski definition) is 4. The van der Waals surface area contributed by atoms with Gasteiger partial charge in [0.25, 0.3) is 0 Å². The van der Waals surface area contributed by atoms with Crippen molar-refractivity contribution in [1.29, 1.82) is 0 Å². The molecular weight excluding hydrogens is 386 g/mol. The molecule has 3 rings (SSSR count). The molecule has 0 N–H and O–H groups in total. The Morgan fingerprint density at radius 2 is 1.85 bits per heavy atom. The van der Waals surface area contributed by atoms with Gasteiger partial charge in [-0.25, -0.2) is 9.97 Å². The van der Waals surface area contributed by atoms with E-state index in [0.29, 0.717) is 0 Å². The van der Waals surface area contributed by atoms with E-state index in [0.717, 1.165) is 38.8 Å². The smallest absolute Gasteiger partial charge is 0.140 e. The van der Waals surface area contributed by atoms with Gasteiger partial charge in [0.05, 0.1) is 17.7 Å². The van der Waals surface area contributed by atoms with Crippen molar-refractivity contribution in [3.63, 3.8) is 0 Å². The summed E-state index contributed by atoms with van der Waals surface area (Å²) in [6, 6.07) is 4.07. The Balaban J connectivity index is 2.11. The van der Waals surface area contributed by atoms with E-state index in [1.54, 1.807) is 6.33 Å². The van der Waals surface area contributed by atoms with Crippen LogP contribution in [0.2, 0.25) is 0 Å². The maximum atomic E-state index is 5.79. The van der Waals surface area contributed by atoms with Crippen molar-refractivity contribution in [2.75, 3.05) is 18.0 Å². The third-order valence-electron chi connectivity index (χ3n) is 3.36. The fourth-order valence-corrected chi connectivity index (χ4v) is 4.01. The first-order valence-electron chi connectivity index (χ1n) is 6.54. The van der Waals surface area contributed by atoms with Gasteiger partial charge in [0.2, 0.25) is 0 Å². The van der Waals surface area contributed by atoms with Crippen LogP contribution >= 0.6 is 31.9 Å². The normalized spacial score (nSPS) is 23.3. The van der Waals surface area contributed by atoms with Gasteiger partial charge in [-0.1, -0.05) is 15.9 Å². The molecule has 2 aromatic rings. The van der Waals surface area contributed by atoms with Gasteiger partial charge < -0.3 is 9.64 Å². The van der Waals surface area contributed by atoms with Gasteiger partial charge in [0, 0.05) is 27.4 Å². The summed E-state index contributed by atoms with van der Waals surface area (Å²) >= 11 is 7.10. The zero-order chi connectivity index (χ0) is 14.3. The Kier molecular flexibility index (Phi) is 3.97. The van der Waals surface area contributed by atoms with Crippen LogP contribution in [-0.4, -0.2) is 35.3 Å². The van der Waals surface area contributed by atoms with E-state index in [2.05, 4.69) is 66.6 Å². The van der Waals surface area contributed by atoms with E-state index in [4.69, 9.17) is 4.74 Å². The van der Waals surface area contributed by atoms with Crippen molar-refractivity contribution in [2.24, 2.45) is 0 Å². The molecule has 1 fully saturated rings. The molecule has 106 valence electrons. The number of nitrogens with zero attached hydrogens (tertiary/aromatic N) is 3. The van der Waals surface area contributed by atoms with Gasteiger partial charge in [-0.05, 0) is 41.9 Å². The fourth-order valence-electron chi connectivity index (χ4n) is 2.68. The van der Waals surface area contributed by atoms with Crippen molar-refractivity contribution in [2.45, 2.75) is 26.1 Å². The molecule has 1 aromatic heterocycles. The molecular formula is C14H15Br2N3O. The summed E-state index contributed by atoms with van der Waals surface area (Å²) in [6.45, 7) is 5.89. The lowest BCUT2D eigenvalue weighted by Crippen LogP contribution is -2.45. The number of benzene rings is 1. The lowest BCUT2D eigenvalue weighted by atomic mass is 10.2. The summed E-state index contributed by atoms with van der Waals surface area (Å²) in [7, 11) is 0. The van der Waals surface area contributed by atoms with Gasteiger partial charge in [-0.3, -0.25) is 0 Å². The summed E-state index contributed by atoms with van der Waals surface area (Å²) in [5.41, 5.74) is 0.935. The van der Waals surface area contributed by atoms with Crippen LogP contribution in [0, 0.1) is 0 Å². The molecule has 0 saturated carbocycles. The molecule has 0 radical (unpaired) electrons. The Hall–Kier alpha value is -0.720. The molecule has 0 spiro atoms. The van der Waals surface area contributed by atoms with Crippen LogP contribution in [-0.2, 0) is 4.74 Å². The molecule has 2 unspecified atom stereocenters. The van der Waals surface area contributed by atoms with E-state index >= 15 is 0 Å². The highest BCUT2D eigenvalue weighted by molar-refractivity contribution is 9.11. The summed E-state index contributed by atoms with van der Waals surface area (Å²) in [6.07, 6.45) is 2.04. The van der Waals surface area contributed by atoms with E-state index in [1.807, 2.05) is 6.07 Å². The molecule has 2 atom stereocenters. The molecule has 4 nitrogen and oxygen atoms in total. The predicted molar refractivity (Wildman–Crippen MR) is 87.2 cm³/mol. The van der Waals surface area contributed by atoms with Crippen LogP contribution < -0.4 is 4.90 Å².